The first kappa shape index (κ1) is 13.4. The Morgan fingerprint density at radius 2 is 1.63 bits per heavy atom. The highest BCUT2D eigenvalue weighted by Gasteiger charge is 2.36. The SMILES string of the molecule is FC(F)(F)c1c(Br)ccc2c1sc1cc(Br)ccc12. The van der Waals surface area contributed by atoms with Gasteiger partial charge in [-0.3, -0.25) is 0 Å². The lowest BCUT2D eigenvalue weighted by Crippen LogP contribution is -2.05. The topological polar surface area (TPSA) is 0 Å². The van der Waals surface area contributed by atoms with Crippen LogP contribution in [-0.4, -0.2) is 0 Å². The molecule has 3 rings (SSSR count). The average molecular weight is 410 g/mol. The van der Waals surface area contributed by atoms with Crippen molar-refractivity contribution in [2.75, 3.05) is 0 Å². The number of thiophene rings is 1. The van der Waals surface area contributed by atoms with E-state index in [-0.39, 0.29) is 9.17 Å². The van der Waals surface area contributed by atoms with Crippen molar-refractivity contribution in [1.82, 2.24) is 0 Å². The van der Waals surface area contributed by atoms with Crippen molar-refractivity contribution < 1.29 is 13.2 Å². The first-order valence-corrected chi connectivity index (χ1v) is 7.65. The Kier molecular flexibility index (Phi) is 3.15. The quantitative estimate of drug-likeness (QED) is 0.392. The molecular formula is C13H5Br2F3S. The van der Waals surface area contributed by atoms with Crippen LogP contribution in [0.25, 0.3) is 20.2 Å². The highest BCUT2D eigenvalue weighted by atomic mass is 79.9. The molecule has 0 bridgehead atoms. The van der Waals surface area contributed by atoms with Gasteiger partial charge in [-0.25, -0.2) is 0 Å². The third-order valence-corrected chi connectivity index (χ3v) is 5.18. The lowest BCUT2D eigenvalue weighted by Gasteiger charge is -2.09. The van der Waals surface area contributed by atoms with Gasteiger partial charge in [-0.15, -0.1) is 11.3 Å². The maximum absolute atomic E-state index is 13.2. The largest absolute Gasteiger partial charge is 0.418 e. The number of halogens is 5. The first-order chi connectivity index (χ1) is 8.88. The van der Waals surface area contributed by atoms with Crippen LogP contribution in [0.5, 0.6) is 0 Å². The second kappa shape index (κ2) is 4.46. The van der Waals surface area contributed by atoms with Gasteiger partial charge >= 0.3 is 6.18 Å². The maximum Gasteiger partial charge on any atom is 0.418 e. The van der Waals surface area contributed by atoms with Crippen LogP contribution in [0.1, 0.15) is 5.56 Å². The summed E-state index contributed by atoms with van der Waals surface area (Å²) in [5.41, 5.74) is -0.595. The molecule has 0 radical (unpaired) electrons. The summed E-state index contributed by atoms with van der Waals surface area (Å²) in [4.78, 5) is 0. The molecule has 2 aromatic carbocycles. The molecule has 0 aliphatic rings. The summed E-state index contributed by atoms with van der Waals surface area (Å²) in [6, 6.07) is 8.70. The van der Waals surface area contributed by atoms with Gasteiger partial charge in [-0.2, -0.15) is 13.2 Å². The average Bonchev–Trinajstić information content (AvgIpc) is 2.63. The van der Waals surface area contributed by atoms with Crippen LogP contribution in [0.3, 0.4) is 0 Å². The van der Waals surface area contributed by atoms with Crippen molar-refractivity contribution in [3.8, 4) is 0 Å². The fourth-order valence-corrected chi connectivity index (χ4v) is 4.56. The Hall–Kier alpha value is -0.590. The molecule has 3 aromatic rings. The normalized spacial score (nSPS) is 12.5. The molecule has 0 amide bonds. The third-order valence-electron chi connectivity index (χ3n) is 2.84. The fourth-order valence-electron chi connectivity index (χ4n) is 2.05. The van der Waals surface area contributed by atoms with Crippen molar-refractivity contribution in [2.24, 2.45) is 0 Å². The van der Waals surface area contributed by atoms with Gasteiger partial charge in [-0.05, 0) is 18.2 Å². The van der Waals surface area contributed by atoms with E-state index >= 15 is 0 Å². The van der Waals surface area contributed by atoms with Crippen LogP contribution in [0.4, 0.5) is 13.2 Å². The monoisotopic (exact) mass is 408 g/mol. The molecule has 0 aliphatic heterocycles. The summed E-state index contributed by atoms with van der Waals surface area (Å²) < 4.78 is 41.5. The Bertz CT molecular complexity index is 790. The molecule has 0 saturated carbocycles. The van der Waals surface area contributed by atoms with Crippen molar-refractivity contribution >= 4 is 63.4 Å². The van der Waals surface area contributed by atoms with E-state index in [0.29, 0.717) is 5.39 Å². The molecule has 0 nitrogen and oxygen atoms in total. The number of hydrogen-bond donors (Lipinski definition) is 0. The van der Waals surface area contributed by atoms with Gasteiger partial charge in [0.2, 0.25) is 0 Å². The summed E-state index contributed by atoms with van der Waals surface area (Å²) in [5, 5.41) is 1.49. The second-order valence-electron chi connectivity index (χ2n) is 4.04. The molecule has 0 fully saturated rings. The molecule has 0 spiro atoms. The lowest BCUT2D eigenvalue weighted by atomic mass is 10.1. The second-order valence-corrected chi connectivity index (χ2v) is 6.86. The lowest BCUT2D eigenvalue weighted by molar-refractivity contribution is -0.136. The zero-order valence-corrected chi connectivity index (χ0v) is 13.2. The summed E-state index contributed by atoms with van der Waals surface area (Å²) >= 11 is 7.50. The molecule has 0 unspecified atom stereocenters. The zero-order chi connectivity index (χ0) is 13.8. The highest BCUT2D eigenvalue weighted by Crippen LogP contribution is 2.45. The molecule has 1 aromatic heterocycles. The number of rotatable bonds is 0. The molecule has 98 valence electrons. The molecule has 0 saturated heterocycles. The zero-order valence-electron chi connectivity index (χ0n) is 9.18. The number of fused-ring (bicyclic) bond motifs is 3. The summed E-state index contributed by atoms with van der Waals surface area (Å²) in [7, 11) is 0. The van der Waals surface area contributed by atoms with Gasteiger partial charge in [0.15, 0.2) is 0 Å². The molecule has 0 aliphatic carbocycles. The van der Waals surface area contributed by atoms with E-state index in [9.17, 15) is 13.2 Å². The summed E-state index contributed by atoms with van der Waals surface area (Å²) in [6.07, 6.45) is -4.36. The van der Waals surface area contributed by atoms with Crippen molar-refractivity contribution in [1.29, 1.82) is 0 Å². The van der Waals surface area contributed by atoms with E-state index in [2.05, 4.69) is 31.9 Å². The van der Waals surface area contributed by atoms with Crippen LogP contribution in [0.15, 0.2) is 39.3 Å². The van der Waals surface area contributed by atoms with E-state index in [0.717, 1.165) is 25.9 Å². The van der Waals surface area contributed by atoms with E-state index < -0.39 is 11.7 Å². The van der Waals surface area contributed by atoms with Crippen molar-refractivity contribution in [3.05, 3.63) is 44.8 Å². The first-order valence-electron chi connectivity index (χ1n) is 5.25. The van der Waals surface area contributed by atoms with Crippen molar-refractivity contribution in [2.45, 2.75) is 6.18 Å². The minimum Gasteiger partial charge on any atom is -0.166 e. The van der Waals surface area contributed by atoms with Gasteiger partial charge in [0.25, 0.3) is 0 Å². The van der Waals surface area contributed by atoms with Gasteiger partial charge in [0.05, 0.1) is 5.56 Å². The minimum absolute atomic E-state index is 0.0816. The van der Waals surface area contributed by atoms with Crippen LogP contribution in [-0.2, 0) is 6.18 Å². The van der Waals surface area contributed by atoms with E-state index in [1.807, 2.05) is 18.2 Å². The predicted molar refractivity (Wildman–Crippen MR) is 79.7 cm³/mol. The van der Waals surface area contributed by atoms with Crippen LogP contribution in [0.2, 0.25) is 0 Å². The van der Waals surface area contributed by atoms with Crippen LogP contribution < -0.4 is 0 Å². The van der Waals surface area contributed by atoms with E-state index in [4.69, 9.17) is 0 Å². The summed E-state index contributed by atoms with van der Waals surface area (Å²) in [6.45, 7) is 0. The minimum atomic E-state index is -4.36. The Morgan fingerprint density at radius 3 is 2.32 bits per heavy atom. The fraction of sp³-hybridized carbons (Fsp3) is 0.0769. The number of alkyl halides is 3. The van der Waals surface area contributed by atoms with Crippen LogP contribution in [0, 0.1) is 0 Å². The third kappa shape index (κ3) is 2.19. The highest BCUT2D eigenvalue weighted by molar-refractivity contribution is 9.10. The van der Waals surface area contributed by atoms with Gasteiger partial charge in [0.1, 0.15) is 0 Å². The molecule has 6 heteroatoms. The predicted octanol–water partition coefficient (Wildman–Crippen LogP) is 6.60. The maximum atomic E-state index is 13.2. The van der Waals surface area contributed by atoms with Gasteiger partial charge in [0, 0.05) is 29.1 Å². The Morgan fingerprint density at radius 1 is 0.947 bits per heavy atom. The van der Waals surface area contributed by atoms with Gasteiger partial charge in [-0.1, -0.05) is 44.0 Å². The van der Waals surface area contributed by atoms with E-state index in [1.54, 1.807) is 6.07 Å². The molecular weight excluding hydrogens is 405 g/mol. The van der Waals surface area contributed by atoms with E-state index in [1.165, 1.54) is 6.07 Å². The Labute approximate surface area is 127 Å². The molecule has 0 atom stereocenters. The molecule has 19 heavy (non-hydrogen) atoms. The molecule has 1 heterocycles. The Balaban J connectivity index is 2.50. The molecule has 0 N–H and O–H groups in total. The van der Waals surface area contributed by atoms with Crippen molar-refractivity contribution in [3.63, 3.8) is 0 Å². The standard InChI is InChI=1S/C13H5Br2F3S/c14-6-1-2-7-8-3-4-9(15)11(13(16,17)18)12(8)19-10(7)5-6/h1-5H. The number of benzene rings is 2. The smallest absolute Gasteiger partial charge is 0.166 e. The van der Waals surface area contributed by atoms with Crippen LogP contribution >= 0.6 is 43.2 Å². The number of hydrogen-bond acceptors (Lipinski definition) is 1. The van der Waals surface area contributed by atoms with Gasteiger partial charge < -0.3 is 0 Å². The summed E-state index contributed by atoms with van der Waals surface area (Å²) in [5.74, 6) is 0.